The molecule has 0 saturated heterocycles. The Morgan fingerprint density at radius 2 is 1.77 bits per heavy atom. The molecule has 0 atom stereocenters. The molecule has 0 spiro atoms. The third-order valence-corrected chi connectivity index (χ3v) is 4.86. The first-order valence-electron chi connectivity index (χ1n) is 10.1. The number of aryl methyl sites for hydroxylation is 1. The number of Topliss-reactive ketones (excluding diaryl/α,β-unsaturated/α-hetero) is 1. The summed E-state index contributed by atoms with van der Waals surface area (Å²) in [7, 11) is 0. The maximum Gasteiger partial charge on any atom is 0.270 e. The number of carbonyl (C=O) groups is 3. The Bertz CT molecular complexity index is 1050. The average molecular weight is 406 g/mol. The predicted molar refractivity (Wildman–Crippen MR) is 116 cm³/mol. The third-order valence-electron chi connectivity index (χ3n) is 4.86. The zero-order chi connectivity index (χ0) is 21.5. The smallest absolute Gasteiger partial charge is 0.270 e. The van der Waals surface area contributed by atoms with Crippen molar-refractivity contribution in [3.05, 3.63) is 65.6 Å². The number of nitrogens with zero attached hydrogens (tertiary/aromatic N) is 2. The van der Waals surface area contributed by atoms with Crippen LogP contribution in [0.1, 0.15) is 59.1 Å². The summed E-state index contributed by atoms with van der Waals surface area (Å²) >= 11 is 0. The maximum atomic E-state index is 12.5. The lowest BCUT2D eigenvalue weighted by atomic mass is 10.1. The SMILES string of the molecule is CC(=O)c1ccc(NC(=O)CCCCCNC(=O)c2c(C)nc3ccccn23)cc1. The summed E-state index contributed by atoms with van der Waals surface area (Å²) in [5.41, 5.74) is 3.31. The van der Waals surface area contributed by atoms with Crippen LogP contribution >= 0.6 is 0 Å². The Kier molecular flexibility index (Phi) is 6.95. The summed E-state index contributed by atoms with van der Waals surface area (Å²) < 4.78 is 1.79. The van der Waals surface area contributed by atoms with Gasteiger partial charge in [-0.05, 0) is 63.1 Å². The zero-order valence-corrected chi connectivity index (χ0v) is 17.3. The molecule has 156 valence electrons. The zero-order valence-electron chi connectivity index (χ0n) is 17.3. The van der Waals surface area contributed by atoms with E-state index in [4.69, 9.17) is 0 Å². The van der Waals surface area contributed by atoms with Gasteiger partial charge in [-0.15, -0.1) is 0 Å². The van der Waals surface area contributed by atoms with Gasteiger partial charge in [0, 0.05) is 30.4 Å². The van der Waals surface area contributed by atoms with E-state index >= 15 is 0 Å². The summed E-state index contributed by atoms with van der Waals surface area (Å²) in [4.78, 5) is 40.2. The molecule has 0 aliphatic carbocycles. The van der Waals surface area contributed by atoms with Crippen molar-refractivity contribution in [2.45, 2.75) is 39.5 Å². The number of anilines is 1. The fourth-order valence-electron chi connectivity index (χ4n) is 3.27. The van der Waals surface area contributed by atoms with Crippen LogP contribution in [0, 0.1) is 6.92 Å². The van der Waals surface area contributed by atoms with Crippen LogP contribution in [-0.4, -0.2) is 33.5 Å². The Hall–Kier alpha value is -3.48. The molecule has 7 heteroatoms. The second-order valence-electron chi connectivity index (χ2n) is 7.22. The van der Waals surface area contributed by atoms with E-state index in [0.717, 1.165) is 24.9 Å². The normalized spacial score (nSPS) is 10.7. The van der Waals surface area contributed by atoms with Crippen molar-refractivity contribution < 1.29 is 14.4 Å². The van der Waals surface area contributed by atoms with E-state index in [0.29, 0.717) is 35.6 Å². The number of rotatable bonds is 9. The molecule has 0 aliphatic rings. The molecule has 1 aromatic carbocycles. The second kappa shape index (κ2) is 9.82. The predicted octanol–water partition coefficient (Wildman–Crippen LogP) is 3.77. The van der Waals surface area contributed by atoms with E-state index in [1.54, 1.807) is 28.7 Å². The van der Waals surface area contributed by atoms with Crippen molar-refractivity contribution in [1.29, 1.82) is 0 Å². The highest BCUT2D eigenvalue weighted by molar-refractivity contribution is 5.96. The Balaban J connectivity index is 1.36. The molecule has 3 rings (SSSR count). The van der Waals surface area contributed by atoms with Crippen LogP contribution in [0.3, 0.4) is 0 Å². The van der Waals surface area contributed by atoms with Gasteiger partial charge in [0.15, 0.2) is 5.78 Å². The van der Waals surface area contributed by atoms with Crippen LogP contribution < -0.4 is 10.6 Å². The second-order valence-corrected chi connectivity index (χ2v) is 7.22. The molecular weight excluding hydrogens is 380 g/mol. The number of pyridine rings is 1. The lowest BCUT2D eigenvalue weighted by Gasteiger charge is -2.07. The first kappa shape index (κ1) is 21.2. The number of hydrogen-bond acceptors (Lipinski definition) is 4. The number of unbranched alkanes of at least 4 members (excludes halogenated alkanes) is 2. The highest BCUT2D eigenvalue weighted by Gasteiger charge is 2.15. The van der Waals surface area contributed by atoms with Gasteiger partial charge in [-0.25, -0.2) is 4.98 Å². The first-order valence-corrected chi connectivity index (χ1v) is 10.1. The number of imidazole rings is 1. The number of carbonyl (C=O) groups excluding carboxylic acids is 3. The van der Waals surface area contributed by atoms with Crippen molar-refractivity contribution in [2.24, 2.45) is 0 Å². The van der Waals surface area contributed by atoms with Crippen LogP contribution in [0.25, 0.3) is 5.65 Å². The molecule has 0 aliphatic heterocycles. The van der Waals surface area contributed by atoms with E-state index in [1.165, 1.54) is 6.92 Å². The van der Waals surface area contributed by atoms with E-state index in [9.17, 15) is 14.4 Å². The summed E-state index contributed by atoms with van der Waals surface area (Å²) in [5.74, 6) is -0.203. The number of nitrogens with one attached hydrogen (secondary N) is 2. The molecule has 0 saturated carbocycles. The molecular formula is C23H26N4O3. The molecule has 0 unspecified atom stereocenters. The molecule has 2 amide bonds. The molecule has 7 nitrogen and oxygen atoms in total. The van der Waals surface area contributed by atoms with Crippen LogP contribution in [0.5, 0.6) is 0 Å². The van der Waals surface area contributed by atoms with Gasteiger partial charge in [0.1, 0.15) is 11.3 Å². The molecule has 2 heterocycles. The number of amides is 2. The molecule has 0 bridgehead atoms. The van der Waals surface area contributed by atoms with Crippen LogP contribution in [0.4, 0.5) is 5.69 Å². The van der Waals surface area contributed by atoms with Gasteiger partial charge >= 0.3 is 0 Å². The minimum atomic E-state index is -0.141. The molecule has 2 aromatic heterocycles. The minimum absolute atomic E-state index is 0.00320. The molecule has 3 aromatic rings. The molecule has 2 N–H and O–H groups in total. The largest absolute Gasteiger partial charge is 0.351 e. The minimum Gasteiger partial charge on any atom is -0.351 e. The monoisotopic (exact) mass is 406 g/mol. The fourth-order valence-corrected chi connectivity index (χ4v) is 3.27. The van der Waals surface area contributed by atoms with E-state index < -0.39 is 0 Å². The summed E-state index contributed by atoms with van der Waals surface area (Å²) in [5, 5.41) is 5.76. The standard InChI is InChI=1S/C23H26N4O3/c1-16-22(27-15-7-5-8-20(27)25-16)23(30)24-14-6-3-4-9-21(29)26-19-12-10-18(11-13-19)17(2)28/h5,7-8,10-13,15H,3-4,6,9,14H2,1-2H3,(H,24,30)(H,26,29). The highest BCUT2D eigenvalue weighted by atomic mass is 16.2. The Morgan fingerprint density at radius 3 is 2.50 bits per heavy atom. The topological polar surface area (TPSA) is 92.6 Å². The number of fused-ring (bicyclic) bond motifs is 1. The van der Waals surface area contributed by atoms with E-state index in [-0.39, 0.29) is 17.6 Å². The number of aromatic nitrogens is 2. The van der Waals surface area contributed by atoms with Gasteiger partial charge in [0.25, 0.3) is 5.91 Å². The van der Waals surface area contributed by atoms with Crippen LogP contribution in [0.2, 0.25) is 0 Å². The maximum absolute atomic E-state index is 12.5. The number of hydrogen-bond donors (Lipinski definition) is 2. The molecule has 30 heavy (non-hydrogen) atoms. The van der Waals surface area contributed by atoms with Crippen molar-refractivity contribution in [1.82, 2.24) is 14.7 Å². The summed E-state index contributed by atoms with van der Waals surface area (Å²) in [6.45, 7) is 3.88. The molecule has 0 fully saturated rings. The lowest BCUT2D eigenvalue weighted by Crippen LogP contribution is -2.26. The summed E-state index contributed by atoms with van der Waals surface area (Å²) in [6, 6.07) is 12.5. The average Bonchev–Trinajstić information content (AvgIpc) is 3.06. The van der Waals surface area contributed by atoms with E-state index in [1.807, 2.05) is 31.3 Å². The number of benzene rings is 1. The fraction of sp³-hybridized carbons (Fsp3) is 0.304. The van der Waals surface area contributed by atoms with Crippen molar-refractivity contribution >= 4 is 28.9 Å². The quantitative estimate of drug-likeness (QED) is 0.418. The van der Waals surface area contributed by atoms with Crippen LogP contribution in [0.15, 0.2) is 48.7 Å². The third kappa shape index (κ3) is 5.31. The first-order chi connectivity index (χ1) is 14.5. The van der Waals surface area contributed by atoms with Gasteiger partial charge < -0.3 is 10.6 Å². The van der Waals surface area contributed by atoms with Gasteiger partial charge in [0.05, 0.1) is 5.69 Å². The highest BCUT2D eigenvalue weighted by Crippen LogP contribution is 2.13. The Labute approximate surface area is 175 Å². The van der Waals surface area contributed by atoms with Crippen molar-refractivity contribution in [2.75, 3.05) is 11.9 Å². The number of ketones is 1. The van der Waals surface area contributed by atoms with Gasteiger partial charge in [-0.1, -0.05) is 12.5 Å². The van der Waals surface area contributed by atoms with Gasteiger partial charge in [-0.3, -0.25) is 18.8 Å². The lowest BCUT2D eigenvalue weighted by molar-refractivity contribution is -0.116. The van der Waals surface area contributed by atoms with Gasteiger partial charge in [-0.2, -0.15) is 0 Å². The van der Waals surface area contributed by atoms with Crippen LogP contribution in [-0.2, 0) is 4.79 Å². The van der Waals surface area contributed by atoms with Crippen molar-refractivity contribution in [3.8, 4) is 0 Å². The van der Waals surface area contributed by atoms with E-state index in [2.05, 4.69) is 15.6 Å². The van der Waals surface area contributed by atoms with Gasteiger partial charge in [0.2, 0.25) is 5.91 Å². The summed E-state index contributed by atoms with van der Waals surface area (Å²) in [6.07, 6.45) is 4.61. The molecule has 0 radical (unpaired) electrons. The van der Waals surface area contributed by atoms with Crippen molar-refractivity contribution in [3.63, 3.8) is 0 Å². The Morgan fingerprint density at radius 1 is 1.00 bits per heavy atom.